The van der Waals surface area contributed by atoms with Crippen molar-refractivity contribution in [2.75, 3.05) is 5.75 Å². The van der Waals surface area contributed by atoms with Gasteiger partial charge >= 0.3 is 0 Å². The van der Waals surface area contributed by atoms with Gasteiger partial charge in [-0.2, -0.15) is 0 Å². The Morgan fingerprint density at radius 2 is 2.00 bits per heavy atom. The van der Waals surface area contributed by atoms with Crippen molar-refractivity contribution in [1.29, 1.82) is 4.78 Å². The highest BCUT2D eigenvalue weighted by molar-refractivity contribution is 7.73. The van der Waals surface area contributed by atoms with Crippen molar-refractivity contribution >= 4 is 10.6 Å². The molecular weight excluding hydrogens is 134 g/mol. The van der Waals surface area contributed by atoms with Crippen LogP contribution in [-0.2, 0) is 10.6 Å². The fourth-order valence-corrected chi connectivity index (χ4v) is 1.19. The average Bonchev–Trinajstić information content (AvgIpc) is 1.80. The molecule has 1 N–H and O–H groups in total. The van der Waals surface area contributed by atoms with Crippen LogP contribution in [0.4, 0.5) is 0 Å². The largest absolute Gasteiger partial charge is 0.255 e. The summed E-state index contributed by atoms with van der Waals surface area (Å²) in [5.41, 5.74) is 0. The molecule has 0 heterocycles. The monoisotopic (exact) mass is 149 g/mol. The zero-order valence-electron chi connectivity index (χ0n) is 5.89. The third kappa shape index (κ3) is 7.95. The lowest BCUT2D eigenvalue weighted by Gasteiger charge is -1.92. The molecule has 1 unspecified atom stereocenters. The van der Waals surface area contributed by atoms with Crippen LogP contribution in [0.5, 0.6) is 0 Å². The van der Waals surface area contributed by atoms with Gasteiger partial charge in [-0.05, 0) is 6.42 Å². The lowest BCUT2D eigenvalue weighted by atomic mass is 10.2. The molecule has 2 nitrogen and oxygen atoms in total. The molecule has 0 aliphatic heterocycles. The van der Waals surface area contributed by atoms with Crippen molar-refractivity contribution < 1.29 is 4.21 Å². The normalized spacial score (nSPS) is 13.4. The van der Waals surface area contributed by atoms with Gasteiger partial charge in [0, 0.05) is 16.3 Å². The zero-order chi connectivity index (χ0) is 7.11. The highest BCUT2D eigenvalue weighted by atomic mass is 32.2. The van der Waals surface area contributed by atoms with Crippen molar-refractivity contribution in [3.8, 4) is 0 Å². The van der Waals surface area contributed by atoms with Crippen LogP contribution in [0.2, 0.25) is 0 Å². The summed E-state index contributed by atoms with van der Waals surface area (Å²) in [6.45, 7) is 2.14. The minimum atomic E-state index is -1.62. The van der Waals surface area contributed by atoms with E-state index in [0.29, 0.717) is 5.75 Å². The van der Waals surface area contributed by atoms with Gasteiger partial charge in [-0.1, -0.05) is 26.2 Å². The summed E-state index contributed by atoms with van der Waals surface area (Å²) in [5.74, 6) is 0.593. The van der Waals surface area contributed by atoms with Crippen LogP contribution in [0.1, 0.15) is 32.6 Å². The van der Waals surface area contributed by atoms with Gasteiger partial charge in [-0.15, -0.1) is 0 Å². The van der Waals surface area contributed by atoms with Crippen molar-refractivity contribution in [2.24, 2.45) is 0 Å². The molecule has 0 bridgehead atoms. The first kappa shape index (κ1) is 8.95. The van der Waals surface area contributed by atoms with Crippen LogP contribution in [0.3, 0.4) is 0 Å². The van der Waals surface area contributed by atoms with Gasteiger partial charge in [0.25, 0.3) is 0 Å². The Hall–Kier alpha value is -0.0500. The lowest BCUT2D eigenvalue weighted by Crippen LogP contribution is -1.85. The van der Waals surface area contributed by atoms with Crippen LogP contribution >= 0.6 is 0 Å². The number of rotatable bonds is 5. The Balaban J connectivity index is 2.92. The molecule has 0 rings (SSSR count). The maximum absolute atomic E-state index is 10.2. The summed E-state index contributed by atoms with van der Waals surface area (Å²) in [6.07, 6.45) is 4.51. The number of hydrogen-bond acceptors (Lipinski definition) is 2. The molecule has 0 aromatic carbocycles. The zero-order valence-corrected chi connectivity index (χ0v) is 6.79. The SMILES string of the molecule is CCCCCC[SH](=N)=O. The Kier molecular flexibility index (Phi) is 6.04. The molecule has 0 aliphatic rings. The van der Waals surface area contributed by atoms with E-state index in [1.807, 2.05) is 0 Å². The summed E-state index contributed by atoms with van der Waals surface area (Å²) < 4.78 is 16.9. The number of nitrogens with one attached hydrogen (secondary N) is 1. The molecule has 0 amide bonds. The van der Waals surface area contributed by atoms with E-state index in [-0.39, 0.29) is 0 Å². The number of hydrogen-bond donors (Lipinski definition) is 2. The Morgan fingerprint density at radius 1 is 1.33 bits per heavy atom. The summed E-state index contributed by atoms with van der Waals surface area (Å²) in [4.78, 5) is 0. The third-order valence-electron chi connectivity index (χ3n) is 1.21. The highest BCUT2D eigenvalue weighted by Gasteiger charge is 1.85. The van der Waals surface area contributed by atoms with E-state index < -0.39 is 10.6 Å². The van der Waals surface area contributed by atoms with Gasteiger partial charge in [0.05, 0.1) is 0 Å². The molecular formula is C6H15NOS. The molecule has 56 valence electrons. The Bertz CT molecular complexity index is 112. The van der Waals surface area contributed by atoms with Gasteiger partial charge in [0.1, 0.15) is 0 Å². The van der Waals surface area contributed by atoms with Crippen LogP contribution in [-0.4, -0.2) is 9.96 Å². The molecule has 0 aromatic rings. The number of thiol groups is 1. The van der Waals surface area contributed by atoms with Crippen molar-refractivity contribution in [3.63, 3.8) is 0 Å². The van der Waals surface area contributed by atoms with Gasteiger partial charge in [-0.25, -0.2) is 0 Å². The maximum Gasteiger partial charge on any atom is 0.0330 e. The molecule has 9 heavy (non-hydrogen) atoms. The van der Waals surface area contributed by atoms with E-state index in [1.165, 1.54) is 12.8 Å². The summed E-state index contributed by atoms with van der Waals surface area (Å²) >= 11 is 0. The van der Waals surface area contributed by atoms with E-state index >= 15 is 0 Å². The summed E-state index contributed by atoms with van der Waals surface area (Å²) in [7, 11) is -1.62. The van der Waals surface area contributed by atoms with Crippen LogP contribution in [0.25, 0.3) is 0 Å². The molecule has 0 aromatic heterocycles. The maximum atomic E-state index is 10.2. The first-order valence-electron chi connectivity index (χ1n) is 3.43. The van der Waals surface area contributed by atoms with Crippen molar-refractivity contribution in [1.82, 2.24) is 0 Å². The van der Waals surface area contributed by atoms with Gasteiger partial charge in [0.15, 0.2) is 0 Å². The quantitative estimate of drug-likeness (QED) is 0.454. The molecule has 0 aliphatic carbocycles. The highest BCUT2D eigenvalue weighted by Crippen LogP contribution is 1.97. The van der Waals surface area contributed by atoms with Crippen molar-refractivity contribution in [3.05, 3.63) is 0 Å². The number of unbranched alkanes of at least 4 members (excludes halogenated alkanes) is 3. The van der Waals surface area contributed by atoms with E-state index in [9.17, 15) is 4.21 Å². The first-order chi connectivity index (χ1) is 4.27. The molecule has 0 spiro atoms. The second-order valence-corrected chi connectivity index (χ2v) is 3.37. The Labute approximate surface area is 58.7 Å². The summed E-state index contributed by atoms with van der Waals surface area (Å²) in [5, 5.41) is 0. The molecule has 0 saturated heterocycles. The standard InChI is InChI=1S/C6H15NOS/c1-2-3-4-5-6-9(7)8/h7,9H,2-6H2,1H3. The minimum absolute atomic E-state index is 0.593. The second-order valence-electron chi connectivity index (χ2n) is 2.16. The topological polar surface area (TPSA) is 40.9 Å². The second kappa shape index (κ2) is 6.08. The van der Waals surface area contributed by atoms with Crippen molar-refractivity contribution in [2.45, 2.75) is 32.6 Å². The average molecular weight is 149 g/mol. The van der Waals surface area contributed by atoms with Gasteiger partial charge in [0.2, 0.25) is 0 Å². The summed E-state index contributed by atoms with van der Waals surface area (Å²) in [6, 6.07) is 0. The minimum Gasteiger partial charge on any atom is -0.255 e. The van der Waals surface area contributed by atoms with Gasteiger partial charge in [-0.3, -0.25) is 8.99 Å². The van der Waals surface area contributed by atoms with Gasteiger partial charge < -0.3 is 0 Å². The third-order valence-corrected chi connectivity index (χ3v) is 1.94. The predicted molar refractivity (Wildman–Crippen MR) is 41.3 cm³/mol. The van der Waals surface area contributed by atoms with E-state index in [0.717, 1.165) is 12.8 Å². The fraction of sp³-hybridized carbons (Fsp3) is 1.00. The predicted octanol–water partition coefficient (Wildman–Crippen LogP) is 1.81. The van der Waals surface area contributed by atoms with Crippen LogP contribution in [0, 0.1) is 4.78 Å². The fourth-order valence-electron chi connectivity index (χ4n) is 0.682. The van der Waals surface area contributed by atoms with E-state index in [4.69, 9.17) is 4.78 Å². The molecule has 0 fully saturated rings. The molecule has 3 heteroatoms. The molecule has 1 atom stereocenters. The van der Waals surface area contributed by atoms with Crippen LogP contribution in [0.15, 0.2) is 0 Å². The smallest absolute Gasteiger partial charge is 0.0330 e. The molecule has 0 saturated carbocycles. The van der Waals surface area contributed by atoms with E-state index in [1.54, 1.807) is 0 Å². The van der Waals surface area contributed by atoms with Crippen LogP contribution < -0.4 is 0 Å². The lowest BCUT2D eigenvalue weighted by molar-refractivity contribution is 0.672. The molecule has 0 radical (unpaired) electrons. The Morgan fingerprint density at radius 3 is 2.44 bits per heavy atom. The first-order valence-corrected chi connectivity index (χ1v) is 4.87. The van der Waals surface area contributed by atoms with E-state index in [2.05, 4.69) is 6.92 Å².